The zero-order valence-corrected chi connectivity index (χ0v) is 15.2. The Morgan fingerprint density at radius 3 is 2.40 bits per heavy atom. The van der Waals surface area contributed by atoms with Crippen LogP contribution in [0.25, 0.3) is 10.4 Å². The number of hydrogen-bond donors (Lipinski definition) is 5. The average molecular weight is 308 g/mol. The molecule has 12 heteroatoms. The van der Waals surface area contributed by atoms with Gasteiger partial charge in [-0.2, -0.15) is 0 Å². The van der Waals surface area contributed by atoms with E-state index in [0.717, 1.165) is 0 Å². The van der Waals surface area contributed by atoms with Crippen LogP contribution in [0.4, 0.5) is 0 Å². The van der Waals surface area contributed by atoms with Crippen LogP contribution in [0.3, 0.4) is 0 Å². The molecule has 1 saturated heterocycles. The van der Waals surface area contributed by atoms with Crippen molar-refractivity contribution in [3.63, 3.8) is 0 Å². The van der Waals surface area contributed by atoms with Gasteiger partial charge in [-0.15, -0.1) is 0 Å². The smallest absolute Gasteiger partial charge is 0.226 e. The zero-order valence-electron chi connectivity index (χ0n) is 11.2. The normalized spacial score (nSPS) is 32.1. The first-order valence-electron chi connectivity index (χ1n) is 5.12. The van der Waals surface area contributed by atoms with Gasteiger partial charge in [0.25, 0.3) is 0 Å². The molecule has 0 saturated carbocycles. The van der Waals surface area contributed by atoms with Gasteiger partial charge in [-0.3, -0.25) is 4.79 Å². The monoisotopic (exact) mass is 308 g/mol. The molecule has 20 heavy (non-hydrogen) atoms. The third kappa shape index (κ3) is 6.14. The minimum Gasteiger partial charge on any atom is -0.394 e. The van der Waals surface area contributed by atoms with Gasteiger partial charge in [-0.1, -0.05) is 5.11 Å². The number of hydrogen-bond acceptors (Lipinski definition) is 7. The Kier molecular flexibility index (Phi) is 12.8. The fraction of sp³-hybridized carbons (Fsp3) is 0.875. The molecule has 1 unspecified atom stereocenters. The summed E-state index contributed by atoms with van der Waals surface area (Å²) in [5, 5.41) is 42.7. The summed E-state index contributed by atoms with van der Waals surface area (Å²) in [5.41, 5.74) is 8.02. The maximum atomic E-state index is 11.2. The number of carbonyl (C=O) groups excluding carboxylic acids is 1. The number of ether oxygens (including phenoxy) is 1. The van der Waals surface area contributed by atoms with Gasteiger partial charge >= 0.3 is 0 Å². The van der Waals surface area contributed by atoms with Gasteiger partial charge in [0, 0.05) is 64.0 Å². The molecule has 0 aromatic heterocycles. The Morgan fingerprint density at radius 1 is 1.30 bits per heavy atom. The summed E-state index contributed by atoms with van der Waals surface area (Å²) in [7, 11) is 0. The molecule has 1 heterocycles. The minimum atomic E-state index is -1.59. The minimum absolute atomic E-state index is 0. The van der Waals surface area contributed by atoms with Crippen molar-refractivity contribution in [3.8, 4) is 0 Å². The Bertz CT molecular complexity index is 356. The van der Waals surface area contributed by atoms with Gasteiger partial charge in [-0.05, 0) is 5.53 Å². The van der Waals surface area contributed by atoms with E-state index in [4.69, 9.17) is 15.4 Å². The van der Waals surface area contributed by atoms with Gasteiger partial charge in [-0.25, -0.2) is 0 Å². The number of rotatable bonds is 4. The van der Waals surface area contributed by atoms with Crippen molar-refractivity contribution < 1.29 is 30.0 Å². The van der Waals surface area contributed by atoms with E-state index in [2.05, 4.69) is 15.3 Å². The van der Waals surface area contributed by atoms with E-state index in [9.17, 15) is 20.1 Å². The molecule has 0 aliphatic carbocycles. The first-order chi connectivity index (χ1) is 8.51. The van der Waals surface area contributed by atoms with Crippen molar-refractivity contribution in [2.24, 2.45) is 5.11 Å². The van der Waals surface area contributed by atoms with Gasteiger partial charge in [0.1, 0.15) is 30.9 Å². The molecule has 0 bridgehead atoms. The number of carbonyl (C=O) groups is 1. The quantitative estimate of drug-likeness (QED) is 0.156. The maximum absolute atomic E-state index is 11.2. The van der Waals surface area contributed by atoms with Crippen LogP contribution in [-0.4, -0.2) is 129 Å². The fourth-order valence-electron chi connectivity index (χ4n) is 1.58. The molecule has 10 nitrogen and oxygen atoms in total. The summed E-state index contributed by atoms with van der Waals surface area (Å²) in [6.45, 7) is -1.10. The van der Waals surface area contributed by atoms with E-state index >= 15 is 0 Å². The molecule has 1 aliphatic heterocycles. The molecular weight excluding hydrogens is 294 g/mol. The summed E-state index contributed by atoms with van der Waals surface area (Å²) in [6.07, 6.45) is -5.69. The van der Waals surface area contributed by atoms with Crippen LogP contribution in [0.5, 0.6) is 0 Å². The molecule has 0 aromatic rings. The summed E-state index contributed by atoms with van der Waals surface area (Å²) in [4.78, 5) is 13.6. The number of aliphatic hydroxyl groups excluding tert-OH is 4. The molecule has 1 rings (SSSR count). The molecule has 104 valence electrons. The average Bonchev–Trinajstić information content (AvgIpc) is 2.36. The van der Waals surface area contributed by atoms with Crippen LogP contribution < -0.4 is 5.32 Å². The molecule has 5 atom stereocenters. The second-order valence-electron chi connectivity index (χ2n) is 3.71. The number of azide groups is 1. The Morgan fingerprint density at radius 2 is 1.90 bits per heavy atom. The molecule has 2 radical (unpaired) electrons. The van der Waals surface area contributed by atoms with E-state index in [0.29, 0.717) is 0 Å². The van der Waals surface area contributed by atoms with E-state index in [1.807, 2.05) is 0 Å². The summed E-state index contributed by atoms with van der Waals surface area (Å²) in [6, 6.07) is -1.27. The fourth-order valence-corrected chi connectivity index (χ4v) is 1.58. The second-order valence-corrected chi connectivity index (χ2v) is 3.71. The van der Waals surface area contributed by atoms with Crippen LogP contribution in [-0.2, 0) is 9.53 Å². The number of aliphatic hydroxyl groups is 4. The summed E-state index contributed by atoms with van der Waals surface area (Å²) in [5.74, 6) is -0.742. The van der Waals surface area contributed by atoms with E-state index in [1.54, 1.807) is 0 Å². The van der Waals surface area contributed by atoms with Crippen molar-refractivity contribution in [2.75, 3.05) is 13.2 Å². The standard InChI is InChI=1S/C8H14N4O6.2Na/c9-12-10-1-4(14)11-5-7(16)6(15)3(2-13)18-8(5)17;;/h3,5-8,13,15-17H,1-2H2,(H,11,14);;/t3-,5-,6+,7-,8?;;/m1../s1. The van der Waals surface area contributed by atoms with Crippen LogP contribution in [0.15, 0.2) is 5.11 Å². The third-order valence-electron chi connectivity index (χ3n) is 2.51. The van der Waals surface area contributed by atoms with Crippen molar-refractivity contribution in [3.05, 3.63) is 10.4 Å². The molecule has 0 aromatic carbocycles. The molecule has 1 amide bonds. The first kappa shape index (κ1) is 22.9. The maximum Gasteiger partial charge on any atom is 0.226 e. The molecule has 1 fully saturated rings. The van der Waals surface area contributed by atoms with E-state index in [-0.39, 0.29) is 59.1 Å². The topological polar surface area (TPSA) is 168 Å². The molecular formula is C8H14N4Na2O6. The SMILES string of the molecule is [N-]=[N+]=NCC(=O)N[C@H]1C(O)O[C@H](CO)[C@H](O)[C@@H]1O.[Na].[Na]. The first-order valence-corrected chi connectivity index (χ1v) is 5.12. The predicted octanol–water partition coefficient (Wildman–Crippen LogP) is -3.55. The summed E-state index contributed by atoms with van der Waals surface area (Å²) < 4.78 is 4.81. The third-order valence-corrected chi connectivity index (χ3v) is 2.51. The van der Waals surface area contributed by atoms with Crippen LogP contribution >= 0.6 is 0 Å². The number of amides is 1. The molecule has 1 aliphatic rings. The Hall–Kier alpha value is 0.580. The molecule has 0 spiro atoms. The van der Waals surface area contributed by atoms with Crippen LogP contribution in [0.1, 0.15) is 0 Å². The second kappa shape index (κ2) is 11.2. The molecule has 5 N–H and O–H groups in total. The van der Waals surface area contributed by atoms with E-state index in [1.165, 1.54) is 0 Å². The van der Waals surface area contributed by atoms with Crippen molar-refractivity contribution >= 4 is 65.0 Å². The predicted molar refractivity (Wildman–Crippen MR) is 67.4 cm³/mol. The van der Waals surface area contributed by atoms with Gasteiger partial charge < -0.3 is 30.5 Å². The van der Waals surface area contributed by atoms with Crippen molar-refractivity contribution in [2.45, 2.75) is 30.6 Å². The van der Waals surface area contributed by atoms with Gasteiger partial charge in [0.05, 0.1) is 6.61 Å². The van der Waals surface area contributed by atoms with Gasteiger partial charge in [0.2, 0.25) is 5.91 Å². The van der Waals surface area contributed by atoms with Crippen LogP contribution in [0.2, 0.25) is 0 Å². The number of nitrogens with zero attached hydrogens (tertiary/aromatic N) is 3. The summed E-state index contributed by atoms with van der Waals surface area (Å²) >= 11 is 0. The largest absolute Gasteiger partial charge is 0.394 e. The van der Waals surface area contributed by atoms with E-state index < -0.39 is 49.7 Å². The van der Waals surface area contributed by atoms with Gasteiger partial charge in [0.15, 0.2) is 6.29 Å². The van der Waals surface area contributed by atoms with Crippen LogP contribution in [0, 0.1) is 0 Å². The number of nitrogens with one attached hydrogen (secondary N) is 1. The van der Waals surface area contributed by atoms with Crippen molar-refractivity contribution in [1.29, 1.82) is 0 Å². The Labute approximate surface area is 158 Å². The zero-order chi connectivity index (χ0) is 13.7. The Balaban J connectivity index is 0. The van der Waals surface area contributed by atoms with Crippen molar-refractivity contribution in [1.82, 2.24) is 5.32 Å².